The Morgan fingerprint density at radius 3 is 2.50 bits per heavy atom. The van der Waals surface area contributed by atoms with Crippen LogP contribution in [0.3, 0.4) is 0 Å². The maximum atomic E-state index is 11.4. The summed E-state index contributed by atoms with van der Waals surface area (Å²) in [5.74, 6) is -0.286. The standard InChI is InChI=1S/C11H15NO2/c1-8-9(11(13)14-4)6-5-7-10(8)12(2)3/h5-7H,1-4H3. The van der Waals surface area contributed by atoms with Gasteiger partial charge < -0.3 is 9.64 Å². The van der Waals surface area contributed by atoms with Gasteiger partial charge in [-0.2, -0.15) is 0 Å². The fourth-order valence-electron chi connectivity index (χ4n) is 1.44. The number of anilines is 1. The van der Waals surface area contributed by atoms with Gasteiger partial charge in [-0.25, -0.2) is 4.79 Å². The van der Waals surface area contributed by atoms with Crippen molar-refractivity contribution in [1.82, 2.24) is 0 Å². The minimum Gasteiger partial charge on any atom is -0.465 e. The number of esters is 1. The van der Waals surface area contributed by atoms with Gasteiger partial charge in [0.15, 0.2) is 0 Å². The molecule has 0 aromatic heterocycles. The molecule has 0 aliphatic rings. The van der Waals surface area contributed by atoms with Crippen molar-refractivity contribution >= 4 is 11.7 Å². The summed E-state index contributed by atoms with van der Waals surface area (Å²) < 4.78 is 4.69. The first-order valence-corrected chi connectivity index (χ1v) is 4.43. The zero-order chi connectivity index (χ0) is 10.7. The summed E-state index contributed by atoms with van der Waals surface area (Å²) in [4.78, 5) is 13.3. The molecule has 1 aromatic rings. The molecule has 0 saturated carbocycles. The number of benzene rings is 1. The Morgan fingerprint density at radius 1 is 1.36 bits per heavy atom. The van der Waals surface area contributed by atoms with Crippen molar-refractivity contribution in [3.05, 3.63) is 29.3 Å². The monoisotopic (exact) mass is 193 g/mol. The highest BCUT2D eigenvalue weighted by Gasteiger charge is 2.11. The summed E-state index contributed by atoms with van der Waals surface area (Å²) in [6.07, 6.45) is 0. The zero-order valence-electron chi connectivity index (χ0n) is 9.00. The third-order valence-electron chi connectivity index (χ3n) is 2.19. The molecule has 3 nitrogen and oxygen atoms in total. The number of nitrogens with zero attached hydrogens (tertiary/aromatic N) is 1. The Morgan fingerprint density at radius 2 is 2.00 bits per heavy atom. The molecule has 76 valence electrons. The number of carbonyl (C=O) groups excluding carboxylic acids is 1. The largest absolute Gasteiger partial charge is 0.465 e. The number of hydrogen-bond acceptors (Lipinski definition) is 3. The molecule has 0 fully saturated rings. The summed E-state index contributed by atoms with van der Waals surface area (Å²) >= 11 is 0. The van der Waals surface area contributed by atoms with Crippen molar-refractivity contribution in [3.63, 3.8) is 0 Å². The van der Waals surface area contributed by atoms with Crippen LogP contribution in [0, 0.1) is 6.92 Å². The lowest BCUT2D eigenvalue weighted by molar-refractivity contribution is 0.0600. The average Bonchev–Trinajstić information content (AvgIpc) is 2.16. The van der Waals surface area contributed by atoms with Gasteiger partial charge in [0.05, 0.1) is 12.7 Å². The Labute approximate surface area is 84.3 Å². The molecule has 0 aliphatic carbocycles. The predicted molar refractivity (Wildman–Crippen MR) is 56.8 cm³/mol. The molecule has 1 aromatic carbocycles. The highest BCUT2D eigenvalue weighted by atomic mass is 16.5. The summed E-state index contributed by atoms with van der Waals surface area (Å²) in [5.41, 5.74) is 2.61. The Bertz CT molecular complexity index is 345. The van der Waals surface area contributed by atoms with Crippen molar-refractivity contribution in [1.29, 1.82) is 0 Å². The van der Waals surface area contributed by atoms with Gasteiger partial charge in [0.2, 0.25) is 0 Å². The molecule has 0 heterocycles. The van der Waals surface area contributed by atoms with E-state index in [1.807, 2.05) is 38.1 Å². The van der Waals surface area contributed by atoms with E-state index < -0.39 is 0 Å². The van der Waals surface area contributed by atoms with Gasteiger partial charge >= 0.3 is 5.97 Å². The van der Waals surface area contributed by atoms with E-state index in [1.165, 1.54) is 7.11 Å². The molecule has 0 bridgehead atoms. The lowest BCUT2D eigenvalue weighted by Gasteiger charge is -2.17. The molecular weight excluding hydrogens is 178 g/mol. The van der Waals surface area contributed by atoms with E-state index in [1.54, 1.807) is 6.07 Å². The molecule has 0 saturated heterocycles. The molecule has 3 heteroatoms. The van der Waals surface area contributed by atoms with E-state index in [0.29, 0.717) is 5.56 Å². The normalized spacial score (nSPS) is 9.71. The van der Waals surface area contributed by atoms with Crippen molar-refractivity contribution in [3.8, 4) is 0 Å². The van der Waals surface area contributed by atoms with Crippen LogP contribution in [-0.4, -0.2) is 27.2 Å². The first-order chi connectivity index (χ1) is 6.57. The van der Waals surface area contributed by atoms with Gasteiger partial charge in [0, 0.05) is 19.8 Å². The highest BCUT2D eigenvalue weighted by Crippen LogP contribution is 2.21. The maximum Gasteiger partial charge on any atom is 0.338 e. The lowest BCUT2D eigenvalue weighted by atomic mass is 10.1. The average molecular weight is 193 g/mol. The van der Waals surface area contributed by atoms with Gasteiger partial charge in [0.1, 0.15) is 0 Å². The molecule has 0 N–H and O–H groups in total. The minimum atomic E-state index is -0.286. The molecular formula is C11H15NO2. The number of rotatable bonds is 2. The van der Waals surface area contributed by atoms with E-state index in [-0.39, 0.29) is 5.97 Å². The van der Waals surface area contributed by atoms with Crippen LogP contribution in [-0.2, 0) is 4.74 Å². The summed E-state index contributed by atoms with van der Waals surface area (Å²) in [7, 11) is 5.29. The third kappa shape index (κ3) is 1.87. The predicted octanol–water partition coefficient (Wildman–Crippen LogP) is 1.85. The molecule has 0 aliphatic heterocycles. The van der Waals surface area contributed by atoms with E-state index in [9.17, 15) is 4.79 Å². The van der Waals surface area contributed by atoms with Gasteiger partial charge in [-0.1, -0.05) is 6.07 Å². The van der Waals surface area contributed by atoms with Crippen LogP contribution in [0.2, 0.25) is 0 Å². The van der Waals surface area contributed by atoms with E-state index in [4.69, 9.17) is 4.74 Å². The fourth-order valence-corrected chi connectivity index (χ4v) is 1.44. The highest BCUT2D eigenvalue weighted by molar-refractivity contribution is 5.92. The smallest absolute Gasteiger partial charge is 0.338 e. The Balaban J connectivity index is 3.20. The number of hydrogen-bond donors (Lipinski definition) is 0. The summed E-state index contributed by atoms with van der Waals surface area (Å²) in [6.45, 7) is 1.92. The van der Waals surface area contributed by atoms with Crippen molar-refractivity contribution < 1.29 is 9.53 Å². The van der Waals surface area contributed by atoms with Crippen LogP contribution in [0.1, 0.15) is 15.9 Å². The van der Waals surface area contributed by atoms with Crippen molar-refractivity contribution in [2.45, 2.75) is 6.92 Å². The second-order valence-electron chi connectivity index (χ2n) is 3.34. The maximum absolute atomic E-state index is 11.4. The fraction of sp³-hybridized carbons (Fsp3) is 0.364. The Kier molecular flexibility index (Phi) is 3.12. The first-order valence-electron chi connectivity index (χ1n) is 4.43. The topological polar surface area (TPSA) is 29.5 Å². The molecule has 14 heavy (non-hydrogen) atoms. The second kappa shape index (κ2) is 4.13. The van der Waals surface area contributed by atoms with Crippen LogP contribution < -0.4 is 4.90 Å². The van der Waals surface area contributed by atoms with Gasteiger partial charge in [-0.05, 0) is 24.6 Å². The molecule has 1 rings (SSSR count). The van der Waals surface area contributed by atoms with E-state index >= 15 is 0 Å². The van der Waals surface area contributed by atoms with Crippen LogP contribution in [0.25, 0.3) is 0 Å². The number of carbonyl (C=O) groups is 1. The molecule has 0 spiro atoms. The second-order valence-corrected chi connectivity index (χ2v) is 3.34. The molecule has 0 radical (unpaired) electrons. The Hall–Kier alpha value is -1.51. The summed E-state index contributed by atoms with van der Waals surface area (Å²) in [6, 6.07) is 5.60. The molecule has 0 amide bonds. The SMILES string of the molecule is COC(=O)c1cccc(N(C)C)c1C. The first kappa shape index (κ1) is 10.6. The van der Waals surface area contributed by atoms with Gasteiger partial charge in [-0.3, -0.25) is 0 Å². The zero-order valence-corrected chi connectivity index (χ0v) is 9.00. The van der Waals surface area contributed by atoms with Crippen LogP contribution in [0.5, 0.6) is 0 Å². The van der Waals surface area contributed by atoms with Crippen LogP contribution in [0.15, 0.2) is 18.2 Å². The van der Waals surface area contributed by atoms with Crippen LogP contribution in [0.4, 0.5) is 5.69 Å². The van der Waals surface area contributed by atoms with Gasteiger partial charge in [-0.15, -0.1) is 0 Å². The minimum absolute atomic E-state index is 0.286. The van der Waals surface area contributed by atoms with Crippen molar-refractivity contribution in [2.75, 3.05) is 26.1 Å². The quantitative estimate of drug-likeness (QED) is 0.671. The van der Waals surface area contributed by atoms with E-state index in [2.05, 4.69) is 0 Å². The van der Waals surface area contributed by atoms with E-state index in [0.717, 1.165) is 11.3 Å². The van der Waals surface area contributed by atoms with Crippen molar-refractivity contribution in [2.24, 2.45) is 0 Å². The third-order valence-corrected chi connectivity index (χ3v) is 2.19. The molecule has 0 atom stereocenters. The lowest BCUT2D eigenvalue weighted by Crippen LogP contribution is -2.13. The summed E-state index contributed by atoms with van der Waals surface area (Å²) in [5, 5.41) is 0. The molecule has 0 unspecified atom stereocenters. The van der Waals surface area contributed by atoms with Crippen LogP contribution >= 0.6 is 0 Å². The number of methoxy groups -OCH3 is 1. The number of ether oxygens (including phenoxy) is 1. The van der Waals surface area contributed by atoms with Gasteiger partial charge in [0.25, 0.3) is 0 Å².